The van der Waals surface area contributed by atoms with Gasteiger partial charge < -0.3 is 15.8 Å². The molecule has 4 heteroatoms. The van der Waals surface area contributed by atoms with E-state index >= 15 is 0 Å². The predicted molar refractivity (Wildman–Crippen MR) is 92.4 cm³/mol. The van der Waals surface area contributed by atoms with Crippen LogP contribution in [0.3, 0.4) is 0 Å². The number of benzene rings is 1. The number of ether oxygens (including phenoxy) is 1. The van der Waals surface area contributed by atoms with Crippen molar-refractivity contribution in [3.8, 4) is 5.75 Å². The van der Waals surface area contributed by atoms with Crippen molar-refractivity contribution in [2.75, 3.05) is 11.9 Å². The first-order chi connectivity index (χ1) is 11.2. The van der Waals surface area contributed by atoms with Gasteiger partial charge in [-0.2, -0.15) is 0 Å². The molecule has 0 aliphatic heterocycles. The van der Waals surface area contributed by atoms with Gasteiger partial charge in [0.25, 0.3) is 0 Å². The third-order valence-electron chi connectivity index (χ3n) is 5.39. The fraction of sp³-hybridized carbons (Fsp3) is 0.632. The molecule has 2 fully saturated rings. The Hall–Kier alpha value is -1.55. The van der Waals surface area contributed by atoms with Crippen molar-refractivity contribution in [1.29, 1.82) is 0 Å². The fourth-order valence-corrected chi connectivity index (χ4v) is 4.15. The maximum Gasteiger partial charge on any atom is 0.227 e. The number of fused-ring (bicyclic) bond motifs is 2. The van der Waals surface area contributed by atoms with Crippen LogP contribution in [0.25, 0.3) is 0 Å². The second-order valence-corrected chi connectivity index (χ2v) is 7.03. The van der Waals surface area contributed by atoms with Gasteiger partial charge in [-0.1, -0.05) is 25.5 Å². The van der Waals surface area contributed by atoms with E-state index in [0.717, 1.165) is 30.7 Å². The van der Waals surface area contributed by atoms with E-state index in [9.17, 15) is 4.79 Å². The Morgan fingerprint density at radius 1 is 1.26 bits per heavy atom. The third kappa shape index (κ3) is 3.69. The topological polar surface area (TPSA) is 64.3 Å². The van der Waals surface area contributed by atoms with Crippen LogP contribution in [0, 0.1) is 17.8 Å². The quantitative estimate of drug-likeness (QED) is 0.873. The average molecular weight is 316 g/mol. The van der Waals surface area contributed by atoms with Crippen LogP contribution in [0.5, 0.6) is 5.75 Å². The summed E-state index contributed by atoms with van der Waals surface area (Å²) in [5, 5.41) is 3.09. The molecule has 0 saturated heterocycles. The van der Waals surface area contributed by atoms with E-state index < -0.39 is 0 Å². The van der Waals surface area contributed by atoms with Gasteiger partial charge in [-0.25, -0.2) is 0 Å². The summed E-state index contributed by atoms with van der Waals surface area (Å²) >= 11 is 0. The molecule has 0 heterocycles. The van der Waals surface area contributed by atoms with Crippen molar-refractivity contribution in [3.05, 3.63) is 24.3 Å². The molecule has 0 spiro atoms. The molecule has 23 heavy (non-hydrogen) atoms. The number of carbonyl (C=O) groups excluding carboxylic acids is 1. The van der Waals surface area contributed by atoms with Gasteiger partial charge in [-0.05, 0) is 56.1 Å². The minimum absolute atomic E-state index is 0.0873. The first kappa shape index (κ1) is 16.3. The van der Waals surface area contributed by atoms with Crippen LogP contribution < -0.4 is 15.8 Å². The summed E-state index contributed by atoms with van der Waals surface area (Å²) in [5.74, 6) is 2.01. The molecule has 3 rings (SSSR count). The van der Waals surface area contributed by atoms with Crippen molar-refractivity contribution in [3.63, 3.8) is 0 Å². The summed E-state index contributed by atoms with van der Waals surface area (Å²) in [6.45, 7) is 2.74. The van der Waals surface area contributed by atoms with Crippen molar-refractivity contribution in [2.45, 2.75) is 51.5 Å². The van der Waals surface area contributed by atoms with Gasteiger partial charge in [0.15, 0.2) is 0 Å². The first-order valence-electron chi connectivity index (χ1n) is 8.97. The molecule has 1 aromatic rings. The van der Waals surface area contributed by atoms with Crippen molar-refractivity contribution < 1.29 is 9.53 Å². The number of anilines is 1. The second kappa shape index (κ2) is 7.35. The lowest BCUT2D eigenvalue weighted by molar-refractivity contribution is -0.122. The van der Waals surface area contributed by atoms with E-state index in [4.69, 9.17) is 10.5 Å². The van der Waals surface area contributed by atoms with E-state index in [1.165, 1.54) is 19.3 Å². The van der Waals surface area contributed by atoms with Gasteiger partial charge in [0.05, 0.1) is 12.3 Å². The highest BCUT2D eigenvalue weighted by molar-refractivity contribution is 5.94. The van der Waals surface area contributed by atoms with Gasteiger partial charge in [-0.3, -0.25) is 4.79 Å². The van der Waals surface area contributed by atoms with Crippen LogP contribution >= 0.6 is 0 Å². The van der Waals surface area contributed by atoms with Crippen LogP contribution in [0.4, 0.5) is 5.69 Å². The summed E-state index contributed by atoms with van der Waals surface area (Å²) in [5.41, 5.74) is 7.11. The molecule has 2 aliphatic carbocycles. The Morgan fingerprint density at radius 3 is 2.65 bits per heavy atom. The van der Waals surface area contributed by atoms with Gasteiger partial charge in [0.2, 0.25) is 5.91 Å². The molecule has 2 aliphatic rings. The normalized spacial score (nSPS) is 29.8. The molecule has 1 aromatic carbocycles. The van der Waals surface area contributed by atoms with Gasteiger partial charge in [-0.15, -0.1) is 0 Å². The molecule has 2 unspecified atom stereocenters. The van der Waals surface area contributed by atoms with Gasteiger partial charge in [0.1, 0.15) is 5.75 Å². The molecular formula is C19H28N2O2. The van der Waals surface area contributed by atoms with Gasteiger partial charge in [0, 0.05) is 12.0 Å². The van der Waals surface area contributed by atoms with Crippen LogP contribution in [0.1, 0.15) is 45.4 Å². The molecule has 2 atom stereocenters. The van der Waals surface area contributed by atoms with Gasteiger partial charge >= 0.3 is 0 Å². The number of nitrogens with one attached hydrogen (secondary N) is 1. The minimum Gasteiger partial charge on any atom is -0.491 e. The number of para-hydroxylation sites is 2. The molecule has 1 amide bonds. The minimum atomic E-state index is 0.0873. The standard InChI is InChI=1S/C19H28N2O2/c1-2-10-23-17-9-4-3-8-16(17)21-19(22)15-11-13-6-5-7-14(12-15)18(13)20/h3-4,8-9,13-15,18H,2,5-7,10-12,20H2,1H3,(H,21,22). The fourth-order valence-electron chi connectivity index (χ4n) is 4.15. The smallest absolute Gasteiger partial charge is 0.227 e. The average Bonchev–Trinajstić information content (AvgIpc) is 2.53. The van der Waals surface area contributed by atoms with E-state index in [1.54, 1.807) is 0 Å². The highest BCUT2D eigenvalue weighted by Crippen LogP contribution is 2.42. The van der Waals surface area contributed by atoms with Crippen LogP contribution in [-0.4, -0.2) is 18.6 Å². The Bertz CT molecular complexity index is 532. The zero-order valence-electron chi connectivity index (χ0n) is 14.0. The Labute approximate surface area is 138 Å². The number of nitrogens with two attached hydrogens (primary N) is 1. The largest absolute Gasteiger partial charge is 0.491 e. The number of hydrogen-bond acceptors (Lipinski definition) is 3. The summed E-state index contributed by atoms with van der Waals surface area (Å²) in [6.07, 6.45) is 6.44. The maximum absolute atomic E-state index is 12.7. The molecule has 0 aromatic heterocycles. The first-order valence-corrected chi connectivity index (χ1v) is 8.97. The SMILES string of the molecule is CCCOc1ccccc1NC(=O)C1CC2CCCC(C1)C2N. The molecule has 2 bridgehead atoms. The molecule has 0 radical (unpaired) electrons. The number of amides is 1. The van der Waals surface area contributed by atoms with Crippen LogP contribution in [-0.2, 0) is 4.79 Å². The summed E-state index contributed by atoms with van der Waals surface area (Å²) < 4.78 is 5.73. The lowest BCUT2D eigenvalue weighted by atomic mass is 9.65. The molecule has 4 nitrogen and oxygen atoms in total. The van der Waals surface area contributed by atoms with Crippen LogP contribution in [0.2, 0.25) is 0 Å². The monoisotopic (exact) mass is 316 g/mol. The summed E-state index contributed by atoms with van der Waals surface area (Å²) in [6, 6.07) is 7.99. The zero-order chi connectivity index (χ0) is 16.2. The number of carbonyl (C=O) groups is 1. The summed E-state index contributed by atoms with van der Waals surface area (Å²) in [7, 11) is 0. The van der Waals surface area contributed by atoms with Crippen molar-refractivity contribution >= 4 is 11.6 Å². The van der Waals surface area contributed by atoms with Crippen molar-refractivity contribution in [2.24, 2.45) is 23.5 Å². The van der Waals surface area contributed by atoms with E-state index in [-0.39, 0.29) is 11.8 Å². The van der Waals surface area contributed by atoms with E-state index in [1.807, 2.05) is 24.3 Å². The Balaban J connectivity index is 1.65. The highest BCUT2D eigenvalue weighted by Gasteiger charge is 2.40. The molecule has 3 N–H and O–H groups in total. The lowest BCUT2D eigenvalue weighted by Gasteiger charge is -2.43. The summed E-state index contributed by atoms with van der Waals surface area (Å²) in [4.78, 5) is 12.7. The third-order valence-corrected chi connectivity index (χ3v) is 5.39. The predicted octanol–water partition coefficient (Wildman–Crippen LogP) is 3.57. The second-order valence-electron chi connectivity index (χ2n) is 7.03. The molecule has 2 saturated carbocycles. The number of rotatable bonds is 5. The lowest BCUT2D eigenvalue weighted by Crippen LogP contribution is -2.48. The van der Waals surface area contributed by atoms with Crippen molar-refractivity contribution in [1.82, 2.24) is 0 Å². The zero-order valence-corrected chi connectivity index (χ0v) is 14.0. The molecule has 126 valence electrons. The Kier molecular flexibility index (Phi) is 5.21. The Morgan fingerprint density at radius 2 is 1.96 bits per heavy atom. The van der Waals surface area contributed by atoms with E-state index in [2.05, 4.69) is 12.2 Å². The van der Waals surface area contributed by atoms with E-state index in [0.29, 0.717) is 24.5 Å². The molecular weight excluding hydrogens is 288 g/mol. The maximum atomic E-state index is 12.7. The van der Waals surface area contributed by atoms with Crippen LogP contribution in [0.15, 0.2) is 24.3 Å². The highest BCUT2D eigenvalue weighted by atomic mass is 16.5. The number of hydrogen-bond donors (Lipinski definition) is 2.